The van der Waals surface area contributed by atoms with E-state index in [4.69, 9.17) is 14.2 Å². The molecular formula is C42H45N7O9S2. The number of aromatic nitrogens is 1. The summed E-state index contributed by atoms with van der Waals surface area (Å²) in [4.78, 5) is 56.1. The van der Waals surface area contributed by atoms with E-state index < -0.39 is 33.0 Å². The fourth-order valence-corrected chi connectivity index (χ4v) is 7.62. The summed E-state index contributed by atoms with van der Waals surface area (Å²) in [5.41, 5.74) is 2.23. The maximum absolute atomic E-state index is 13.5. The number of benzene rings is 4. The Bertz CT molecular complexity index is 2580. The molecule has 0 spiro atoms. The molecule has 1 aliphatic heterocycles. The Morgan fingerprint density at radius 1 is 0.867 bits per heavy atom. The number of hydrogen-bond acceptors (Lipinski definition) is 12. The number of methoxy groups -OCH3 is 2. The molecule has 1 aromatic heterocycles. The highest BCUT2D eigenvalue weighted by atomic mass is 32.2. The molecule has 4 aromatic carbocycles. The molecule has 0 radical (unpaired) electrons. The van der Waals surface area contributed by atoms with Crippen LogP contribution < -0.4 is 40.2 Å². The van der Waals surface area contributed by atoms with Gasteiger partial charge in [-0.1, -0.05) is 56.8 Å². The molecular weight excluding hydrogens is 811 g/mol. The number of urea groups is 1. The number of nitrogens with one attached hydrogen (secondary N) is 5. The van der Waals surface area contributed by atoms with Crippen molar-refractivity contribution >= 4 is 84.1 Å². The lowest BCUT2D eigenvalue weighted by molar-refractivity contribution is -0.140. The van der Waals surface area contributed by atoms with Crippen molar-refractivity contribution in [2.75, 3.05) is 66.5 Å². The molecule has 2 heterocycles. The third-order valence-electron chi connectivity index (χ3n) is 9.24. The van der Waals surface area contributed by atoms with Crippen molar-refractivity contribution in [3.8, 4) is 23.0 Å². The van der Waals surface area contributed by atoms with E-state index >= 15 is 0 Å². The Kier molecular flexibility index (Phi) is 13.0. The van der Waals surface area contributed by atoms with Gasteiger partial charge in [-0.25, -0.2) is 18.2 Å². The summed E-state index contributed by atoms with van der Waals surface area (Å²) in [5.74, 6) is 1.48. The van der Waals surface area contributed by atoms with Crippen LogP contribution in [0.15, 0.2) is 85.1 Å². The molecule has 0 bridgehead atoms. The first kappa shape index (κ1) is 43.1. The lowest BCUT2D eigenvalue weighted by atomic mass is 9.86. The van der Waals surface area contributed by atoms with Crippen molar-refractivity contribution in [2.45, 2.75) is 26.2 Å². The molecule has 1 fully saturated rings. The summed E-state index contributed by atoms with van der Waals surface area (Å²) in [6.45, 7) is 6.75. The van der Waals surface area contributed by atoms with Crippen LogP contribution in [0.3, 0.4) is 0 Å². The van der Waals surface area contributed by atoms with Gasteiger partial charge in [0.2, 0.25) is 10.0 Å². The minimum absolute atomic E-state index is 0.155. The van der Waals surface area contributed by atoms with Gasteiger partial charge in [-0.15, -0.1) is 0 Å². The van der Waals surface area contributed by atoms with Crippen LogP contribution in [0.1, 0.15) is 36.7 Å². The second-order valence-electron chi connectivity index (χ2n) is 14.7. The van der Waals surface area contributed by atoms with Gasteiger partial charge in [-0.2, -0.15) is 0 Å². The van der Waals surface area contributed by atoms with E-state index in [2.05, 4.69) is 31.0 Å². The van der Waals surface area contributed by atoms with Crippen molar-refractivity contribution in [3.63, 3.8) is 0 Å². The molecule has 1 aliphatic rings. The molecule has 1 saturated heterocycles. The highest BCUT2D eigenvalue weighted by Gasteiger charge is 2.27. The second kappa shape index (κ2) is 18.2. The monoisotopic (exact) mass is 855 g/mol. The normalized spacial score (nSPS) is 13.1. The minimum Gasteiger partial charge on any atom is -0.496 e. The molecule has 0 unspecified atom stereocenters. The largest absolute Gasteiger partial charge is 0.496 e. The van der Waals surface area contributed by atoms with E-state index in [0.29, 0.717) is 57.5 Å². The first-order chi connectivity index (χ1) is 28.5. The number of ether oxygens (including phenoxy) is 3. The molecule has 16 nitrogen and oxygen atoms in total. The van der Waals surface area contributed by atoms with Crippen molar-refractivity contribution in [1.82, 2.24) is 15.2 Å². The maximum Gasteiger partial charge on any atom is 0.323 e. The first-order valence-corrected chi connectivity index (χ1v) is 21.5. The zero-order valence-electron chi connectivity index (χ0n) is 33.8. The van der Waals surface area contributed by atoms with Gasteiger partial charge in [0.1, 0.15) is 23.1 Å². The van der Waals surface area contributed by atoms with Crippen molar-refractivity contribution in [1.29, 1.82) is 0 Å². The fourth-order valence-electron chi connectivity index (χ4n) is 6.32. The summed E-state index contributed by atoms with van der Waals surface area (Å²) < 4.78 is 44.2. The molecule has 314 valence electrons. The number of thioether (sulfide) groups is 1. The van der Waals surface area contributed by atoms with E-state index in [1.165, 1.54) is 19.1 Å². The number of rotatable bonds is 14. The predicted octanol–water partition coefficient (Wildman–Crippen LogP) is 6.93. The summed E-state index contributed by atoms with van der Waals surface area (Å²) in [7, 11) is -0.809. The molecule has 6 rings (SSSR count). The van der Waals surface area contributed by atoms with Crippen LogP contribution in [0.2, 0.25) is 0 Å². The van der Waals surface area contributed by atoms with Gasteiger partial charge < -0.3 is 40.4 Å². The van der Waals surface area contributed by atoms with Crippen LogP contribution in [-0.4, -0.2) is 87.1 Å². The van der Waals surface area contributed by atoms with Gasteiger partial charge in [-0.05, 0) is 53.4 Å². The SMILES string of the molecule is COc1cc(Nc2cc(Oc3ccc(NC(=O)Nc4cc(C(C)(C)C)cc(NS(C)(=O)=O)c4OC)c4ccccc34)ccn2)ccc1C(=O)NCCN1CCSC(=O)C1=O. The fraction of sp³-hybridized carbons (Fsp3) is 0.262. The third kappa shape index (κ3) is 10.6. The number of amides is 4. The number of anilines is 5. The van der Waals surface area contributed by atoms with Crippen LogP contribution in [-0.2, 0) is 25.0 Å². The summed E-state index contributed by atoms with van der Waals surface area (Å²) in [5, 5.41) is 12.6. The summed E-state index contributed by atoms with van der Waals surface area (Å²) >= 11 is 0.999. The van der Waals surface area contributed by atoms with Gasteiger partial charge in [0.15, 0.2) is 5.75 Å². The molecule has 5 aromatic rings. The molecule has 5 N–H and O–H groups in total. The highest BCUT2D eigenvalue weighted by Crippen LogP contribution is 2.40. The molecule has 18 heteroatoms. The topological polar surface area (TPSA) is 206 Å². The van der Waals surface area contributed by atoms with Gasteiger partial charge >= 0.3 is 11.9 Å². The Hall–Kier alpha value is -6.53. The van der Waals surface area contributed by atoms with Crippen LogP contribution >= 0.6 is 11.8 Å². The Morgan fingerprint density at radius 3 is 2.32 bits per heavy atom. The molecule has 60 heavy (non-hydrogen) atoms. The van der Waals surface area contributed by atoms with Crippen molar-refractivity contribution in [3.05, 3.63) is 96.2 Å². The highest BCUT2D eigenvalue weighted by molar-refractivity contribution is 8.15. The number of nitrogens with zero attached hydrogens (tertiary/aromatic N) is 2. The Morgan fingerprint density at radius 2 is 1.60 bits per heavy atom. The van der Waals surface area contributed by atoms with Gasteiger partial charge in [-0.3, -0.25) is 19.1 Å². The second-order valence-corrected chi connectivity index (χ2v) is 17.5. The van der Waals surface area contributed by atoms with Crippen LogP contribution in [0.25, 0.3) is 10.8 Å². The molecule has 0 atom stereocenters. The minimum atomic E-state index is -3.66. The zero-order chi connectivity index (χ0) is 43.2. The van der Waals surface area contributed by atoms with E-state index in [1.807, 2.05) is 45.0 Å². The first-order valence-electron chi connectivity index (χ1n) is 18.7. The predicted molar refractivity (Wildman–Crippen MR) is 234 cm³/mol. The Balaban J connectivity index is 1.14. The number of hydrogen-bond donors (Lipinski definition) is 5. The van der Waals surface area contributed by atoms with Crippen LogP contribution in [0, 0.1) is 0 Å². The number of sulfonamides is 1. The van der Waals surface area contributed by atoms with Crippen LogP contribution in [0.4, 0.5) is 33.4 Å². The van der Waals surface area contributed by atoms with E-state index in [1.54, 1.807) is 60.8 Å². The third-order valence-corrected chi connectivity index (χ3v) is 10.7. The Labute approximate surface area is 351 Å². The maximum atomic E-state index is 13.5. The molecule has 0 saturated carbocycles. The molecule has 4 amide bonds. The van der Waals surface area contributed by atoms with E-state index in [-0.39, 0.29) is 41.2 Å². The summed E-state index contributed by atoms with van der Waals surface area (Å²) in [6.07, 6.45) is 2.62. The van der Waals surface area contributed by atoms with Crippen LogP contribution in [0.5, 0.6) is 23.0 Å². The average Bonchev–Trinajstić information content (AvgIpc) is 3.19. The van der Waals surface area contributed by atoms with Crippen molar-refractivity contribution in [2.24, 2.45) is 0 Å². The van der Waals surface area contributed by atoms with Gasteiger partial charge in [0.05, 0.1) is 43.1 Å². The number of fused-ring (bicyclic) bond motifs is 1. The lowest BCUT2D eigenvalue weighted by Gasteiger charge is -2.25. The van der Waals surface area contributed by atoms with E-state index in [0.717, 1.165) is 23.6 Å². The van der Waals surface area contributed by atoms with E-state index in [9.17, 15) is 27.6 Å². The van der Waals surface area contributed by atoms with Gasteiger partial charge in [0, 0.05) is 60.2 Å². The zero-order valence-corrected chi connectivity index (χ0v) is 35.4. The smallest absolute Gasteiger partial charge is 0.323 e. The molecule has 0 aliphatic carbocycles. The van der Waals surface area contributed by atoms with Gasteiger partial charge in [0.25, 0.3) is 11.0 Å². The standard InChI is InChI=1S/C42H45N7O9S2/c1-42(2,3)25-21-32(37(57-5)33(22-25)48-60(6,54)55)47-41(53)46-31-13-14-34(29-10-8-7-9-28(29)31)58-27-15-16-43-36(24-27)45-26-11-12-30(35(23-26)56-4)38(50)44-17-18-49-19-20-59-40(52)39(49)51/h7-16,21-24,48H,17-20H2,1-6H3,(H,43,45)(H,44,50)(H2,46,47,53). The average molecular weight is 856 g/mol. The number of carbonyl (C=O) groups is 4. The quantitative estimate of drug-likeness (QED) is 0.0721. The lowest BCUT2D eigenvalue weighted by Crippen LogP contribution is -2.45. The number of pyridine rings is 1. The summed E-state index contributed by atoms with van der Waals surface area (Å²) in [6, 6.07) is 22.1. The van der Waals surface area contributed by atoms with Crippen molar-refractivity contribution < 1.29 is 41.8 Å². The number of carbonyl (C=O) groups excluding carboxylic acids is 4.